The van der Waals surface area contributed by atoms with Crippen LogP contribution in [0.4, 0.5) is 43.9 Å². The van der Waals surface area contributed by atoms with E-state index in [0.717, 1.165) is 0 Å². The first-order valence-electron chi connectivity index (χ1n) is 20.1. The van der Waals surface area contributed by atoms with Gasteiger partial charge in [0.2, 0.25) is 11.6 Å². The summed E-state index contributed by atoms with van der Waals surface area (Å²) in [6.07, 6.45) is 4.33. The average Bonchev–Trinajstić information content (AvgIpc) is 4.20. The summed E-state index contributed by atoms with van der Waals surface area (Å²) in [7, 11) is 0. The van der Waals surface area contributed by atoms with E-state index in [0.29, 0.717) is 43.4 Å². The molecule has 4 N–H and O–H groups in total. The third-order valence-corrected chi connectivity index (χ3v) is 10.7. The molecule has 21 heteroatoms. The van der Waals surface area contributed by atoms with Gasteiger partial charge in [-0.2, -0.15) is 0 Å². The predicted octanol–water partition coefficient (Wildman–Crippen LogP) is 10.3. The SMILES string of the molecule is OCCOCCOCCn1cc(COc2ccc(-c3c4nc(c(-c5c(F)c(F)c(F)c(F)c5F)c5ccc([nH]5)c5ccc([nH]5)c(-c5c(F)c(F)c(F)c(F)c5F)c5ccc3[nH]5)C=C4)cc2)nn1. The van der Waals surface area contributed by atoms with Crippen LogP contribution >= 0.6 is 0 Å². The van der Waals surface area contributed by atoms with Gasteiger partial charge in [0.1, 0.15) is 18.1 Å². The molecule has 0 fully saturated rings. The van der Waals surface area contributed by atoms with Gasteiger partial charge in [-0.15, -0.1) is 5.10 Å². The molecule has 0 unspecified atom stereocenters. The normalized spacial score (nSPS) is 12.0. The van der Waals surface area contributed by atoms with E-state index >= 15 is 17.6 Å². The van der Waals surface area contributed by atoms with E-state index in [-0.39, 0.29) is 69.9 Å². The number of aliphatic hydroxyl groups is 1. The molecule has 3 aromatic carbocycles. The summed E-state index contributed by atoms with van der Waals surface area (Å²) in [5.41, 5.74) is -2.92. The smallest absolute Gasteiger partial charge is 0.200 e. The number of aliphatic hydroxyl groups excluding tert-OH is 1. The van der Waals surface area contributed by atoms with Crippen LogP contribution < -0.4 is 4.74 Å². The maximum absolute atomic E-state index is 15.7. The molecule has 5 aromatic heterocycles. The molecule has 0 spiro atoms. The van der Waals surface area contributed by atoms with E-state index < -0.39 is 80.4 Å². The highest BCUT2D eigenvalue weighted by Gasteiger charge is 2.31. The van der Waals surface area contributed by atoms with Crippen LogP contribution in [0.1, 0.15) is 17.1 Å². The zero-order chi connectivity index (χ0) is 47.1. The first-order valence-corrected chi connectivity index (χ1v) is 20.1. The van der Waals surface area contributed by atoms with Gasteiger partial charge in [0.15, 0.2) is 46.5 Å². The molecule has 11 nitrogen and oxygen atoms in total. The number of hydrogen-bond acceptors (Lipinski definition) is 7. The number of halogens is 10. The van der Waals surface area contributed by atoms with Crippen LogP contribution in [0.15, 0.2) is 66.9 Å². The topological polar surface area (TPSA) is 139 Å². The van der Waals surface area contributed by atoms with Crippen LogP contribution in [0, 0.1) is 58.2 Å². The lowest BCUT2D eigenvalue weighted by molar-refractivity contribution is 0.0302. The van der Waals surface area contributed by atoms with Gasteiger partial charge in [-0.05, 0) is 66.2 Å². The highest BCUT2D eigenvalue weighted by atomic mass is 19.2. The number of fused-ring (bicyclic) bond motifs is 9. The second-order valence-electron chi connectivity index (χ2n) is 14.8. The molecule has 67 heavy (non-hydrogen) atoms. The Bertz CT molecular complexity index is 3310. The van der Waals surface area contributed by atoms with E-state index in [9.17, 15) is 26.3 Å². The molecule has 8 bridgehead atoms. The van der Waals surface area contributed by atoms with Crippen LogP contribution in [0.2, 0.25) is 0 Å². The molecule has 9 rings (SSSR count). The minimum Gasteiger partial charge on any atom is -0.487 e. The Balaban J connectivity index is 1.20. The second-order valence-corrected chi connectivity index (χ2v) is 14.8. The van der Waals surface area contributed by atoms with E-state index in [1.54, 1.807) is 35.1 Å². The Labute approximate surface area is 370 Å². The highest BCUT2D eigenvalue weighted by Crippen LogP contribution is 2.41. The molecule has 6 heterocycles. The Morgan fingerprint density at radius 1 is 0.478 bits per heavy atom. The first-order chi connectivity index (χ1) is 32.3. The fourth-order valence-electron chi connectivity index (χ4n) is 7.56. The summed E-state index contributed by atoms with van der Waals surface area (Å²) in [4.78, 5) is 13.4. The maximum Gasteiger partial charge on any atom is 0.200 e. The molecule has 0 aliphatic carbocycles. The quantitative estimate of drug-likeness (QED) is 0.0369. The molecule has 8 aromatic rings. The lowest BCUT2D eigenvalue weighted by Gasteiger charge is -2.10. The number of hydrogen-bond donors (Lipinski definition) is 4. The highest BCUT2D eigenvalue weighted by molar-refractivity contribution is 6.00. The van der Waals surface area contributed by atoms with Crippen LogP contribution in [0.5, 0.6) is 5.75 Å². The Morgan fingerprint density at radius 3 is 1.48 bits per heavy atom. The molecule has 0 atom stereocenters. The van der Waals surface area contributed by atoms with Crippen LogP contribution in [0.25, 0.3) is 78.6 Å². The lowest BCUT2D eigenvalue weighted by atomic mass is 10.0. The van der Waals surface area contributed by atoms with Gasteiger partial charge in [0, 0.05) is 38.8 Å². The Hall–Kier alpha value is -7.49. The van der Waals surface area contributed by atoms with Gasteiger partial charge < -0.3 is 34.3 Å². The zero-order valence-electron chi connectivity index (χ0n) is 34.2. The number of H-pyrrole nitrogens is 3. The number of nitrogens with one attached hydrogen (secondary N) is 3. The van der Waals surface area contributed by atoms with Crippen molar-refractivity contribution in [2.24, 2.45) is 0 Å². The maximum atomic E-state index is 15.7. The predicted molar refractivity (Wildman–Crippen MR) is 224 cm³/mol. The molecule has 344 valence electrons. The van der Waals surface area contributed by atoms with Crippen molar-refractivity contribution in [3.63, 3.8) is 0 Å². The fraction of sp³-hybridized carbons (Fsp3) is 0.152. The van der Waals surface area contributed by atoms with Gasteiger partial charge in [-0.3, -0.25) is 0 Å². The van der Waals surface area contributed by atoms with Crippen LogP contribution in [0.3, 0.4) is 0 Å². The molecule has 0 saturated heterocycles. The minimum absolute atomic E-state index is 0.00689. The van der Waals surface area contributed by atoms with Crippen molar-refractivity contribution in [2.75, 3.05) is 33.0 Å². The van der Waals surface area contributed by atoms with Crippen molar-refractivity contribution in [3.8, 4) is 39.1 Å². The largest absolute Gasteiger partial charge is 0.487 e. The molecule has 0 saturated carbocycles. The standard InChI is InChI=1S/C46H31F10N7O4/c47-37-35(38(48)42(52)45(55)41(37)51)33-28-7-5-24(57-28)25-6-8-29(58-25)34(36-39(49)43(53)46(56)44(54)40(36)50)31-12-10-27(60-31)32(26-9-11-30(33)59-26)21-1-3-23(4-2-21)67-20-22-19-63(62-61-22)13-15-65-17-18-66-16-14-64/h1-12,19,57-59,64H,13-18,20H2. The van der Waals surface area contributed by atoms with E-state index in [1.807, 2.05) is 0 Å². The molecule has 0 radical (unpaired) electrons. The van der Waals surface area contributed by atoms with Crippen molar-refractivity contribution >= 4 is 45.3 Å². The summed E-state index contributed by atoms with van der Waals surface area (Å²) in [6, 6.07) is 14.3. The number of aromatic amines is 3. The summed E-state index contributed by atoms with van der Waals surface area (Å²) in [6.45, 7) is 1.47. The van der Waals surface area contributed by atoms with Crippen LogP contribution in [-0.4, -0.2) is 73.1 Å². The number of aromatic nitrogens is 7. The summed E-state index contributed by atoms with van der Waals surface area (Å²) in [5, 5.41) is 16.9. The number of ether oxygens (including phenoxy) is 3. The fourth-order valence-corrected chi connectivity index (χ4v) is 7.56. The zero-order valence-corrected chi connectivity index (χ0v) is 34.2. The van der Waals surface area contributed by atoms with E-state index in [4.69, 9.17) is 19.3 Å². The van der Waals surface area contributed by atoms with Gasteiger partial charge in [-0.1, -0.05) is 17.3 Å². The Kier molecular flexibility index (Phi) is 12.3. The first kappa shape index (κ1) is 44.7. The molecule has 0 amide bonds. The van der Waals surface area contributed by atoms with Gasteiger partial charge >= 0.3 is 0 Å². The molecular formula is C46H31F10N7O4. The third-order valence-electron chi connectivity index (χ3n) is 10.7. The number of rotatable bonds is 14. The van der Waals surface area contributed by atoms with E-state index in [2.05, 4.69) is 30.2 Å². The lowest BCUT2D eigenvalue weighted by Crippen LogP contribution is -2.11. The average molecular weight is 936 g/mol. The van der Waals surface area contributed by atoms with E-state index in [1.165, 1.54) is 48.6 Å². The molecule has 1 aliphatic heterocycles. The molecule has 1 aliphatic rings. The van der Waals surface area contributed by atoms with Gasteiger partial charge in [0.25, 0.3) is 0 Å². The van der Waals surface area contributed by atoms with Crippen molar-refractivity contribution in [1.82, 2.24) is 34.9 Å². The van der Waals surface area contributed by atoms with Crippen molar-refractivity contribution in [2.45, 2.75) is 13.2 Å². The number of benzene rings is 3. The minimum atomic E-state index is -2.38. The summed E-state index contributed by atoms with van der Waals surface area (Å²) in [5.74, 6) is -21.8. The van der Waals surface area contributed by atoms with Crippen molar-refractivity contribution in [3.05, 3.63) is 142 Å². The monoisotopic (exact) mass is 935 g/mol. The Morgan fingerprint density at radius 2 is 0.925 bits per heavy atom. The van der Waals surface area contributed by atoms with Gasteiger partial charge in [-0.25, -0.2) is 53.6 Å². The molecular weight excluding hydrogens is 905 g/mol. The van der Waals surface area contributed by atoms with Crippen molar-refractivity contribution in [1.29, 1.82) is 0 Å². The van der Waals surface area contributed by atoms with Gasteiger partial charge in [0.05, 0.1) is 79.3 Å². The third kappa shape index (κ3) is 8.36. The second kappa shape index (κ2) is 18.4. The van der Waals surface area contributed by atoms with Crippen molar-refractivity contribution < 1.29 is 63.2 Å². The summed E-state index contributed by atoms with van der Waals surface area (Å²) >= 11 is 0. The van der Waals surface area contributed by atoms with Crippen LogP contribution in [-0.2, 0) is 22.6 Å². The summed E-state index contributed by atoms with van der Waals surface area (Å²) < 4.78 is 169. The number of nitrogens with zero attached hydrogens (tertiary/aromatic N) is 4.